The van der Waals surface area contributed by atoms with Gasteiger partial charge in [0.25, 0.3) is 0 Å². The molecule has 0 N–H and O–H groups in total. The highest BCUT2D eigenvalue weighted by molar-refractivity contribution is 5.78. The summed E-state index contributed by atoms with van der Waals surface area (Å²) >= 11 is 0. The Morgan fingerprint density at radius 3 is 2.33 bits per heavy atom. The zero-order valence-corrected chi connectivity index (χ0v) is 10.9. The third-order valence-corrected chi connectivity index (χ3v) is 3.30. The topological polar surface area (TPSA) is 26.3 Å². The van der Waals surface area contributed by atoms with Crippen LogP contribution >= 0.6 is 0 Å². The lowest BCUT2D eigenvalue weighted by Gasteiger charge is -2.32. The van der Waals surface area contributed by atoms with E-state index >= 15 is 0 Å². The van der Waals surface area contributed by atoms with Crippen LogP contribution in [-0.2, 0) is 9.53 Å². The van der Waals surface area contributed by atoms with E-state index in [0.29, 0.717) is 5.92 Å². The Kier molecular flexibility index (Phi) is 3.18. The molecule has 0 unspecified atom stereocenters. The van der Waals surface area contributed by atoms with E-state index in [1.54, 1.807) is 0 Å². The molecular weight excluding hydrogens is 188 g/mol. The third-order valence-electron chi connectivity index (χ3n) is 3.30. The largest absolute Gasteiger partial charge is 0.461 e. The summed E-state index contributed by atoms with van der Waals surface area (Å²) in [4.78, 5) is 11.6. The van der Waals surface area contributed by atoms with E-state index in [-0.39, 0.29) is 22.9 Å². The summed E-state index contributed by atoms with van der Waals surface area (Å²) in [6.07, 6.45) is 2.04. The molecule has 1 aliphatic heterocycles. The van der Waals surface area contributed by atoms with Crippen molar-refractivity contribution in [3.63, 3.8) is 0 Å². The summed E-state index contributed by atoms with van der Waals surface area (Å²) < 4.78 is 5.50. The van der Waals surface area contributed by atoms with Gasteiger partial charge in [0.2, 0.25) is 0 Å². The fourth-order valence-electron chi connectivity index (χ4n) is 2.50. The minimum atomic E-state index is -0.293. The molecule has 1 aliphatic rings. The van der Waals surface area contributed by atoms with E-state index in [9.17, 15) is 4.79 Å². The molecular formula is C13H24O2. The molecule has 0 radical (unpaired) electrons. The van der Waals surface area contributed by atoms with Crippen molar-refractivity contribution in [2.24, 2.45) is 16.7 Å². The Balaban J connectivity index is 2.71. The predicted octanol–water partition coefficient (Wildman–Crippen LogP) is 3.40. The van der Waals surface area contributed by atoms with Crippen LogP contribution in [0.3, 0.4) is 0 Å². The highest BCUT2D eigenvalue weighted by Gasteiger charge is 2.47. The molecule has 15 heavy (non-hydrogen) atoms. The van der Waals surface area contributed by atoms with Gasteiger partial charge in [0.1, 0.15) is 6.10 Å². The van der Waals surface area contributed by atoms with Gasteiger partial charge in [-0.1, -0.05) is 27.7 Å². The Bertz CT molecular complexity index is 251. The van der Waals surface area contributed by atoms with Gasteiger partial charge in [0.15, 0.2) is 0 Å². The second kappa shape index (κ2) is 3.80. The standard InChI is InChI=1S/C13H24O2/c1-9(2)7-12(3,4)10-8-13(5,6)11(14)15-10/h9-10H,7-8H2,1-6H3/t10-/m0/s1. The molecule has 1 fully saturated rings. The highest BCUT2D eigenvalue weighted by Crippen LogP contribution is 2.43. The number of hydrogen-bond donors (Lipinski definition) is 0. The summed E-state index contributed by atoms with van der Waals surface area (Å²) in [5.41, 5.74) is -0.198. The zero-order valence-electron chi connectivity index (χ0n) is 10.9. The van der Waals surface area contributed by atoms with Gasteiger partial charge in [-0.3, -0.25) is 4.79 Å². The van der Waals surface area contributed by atoms with Crippen LogP contribution in [-0.4, -0.2) is 12.1 Å². The second-order valence-electron chi connectivity index (χ2n) is 6.57. The summed E-state index contributed by atoms with van der Waals surface area (Å²) in [6.45, 7) is 12.8. The van der Waals surface area contributed by atoms with Crippen LogP contribution in [0.4, 0.5) is 0 Å². The quantitative estimate of drug-likeness (QED) is 0.670. The van der Waals surface area contributed by atoms with Gasteiger partial charge < -0.3 is 4.74 Å². The van der Waals surface area contributed by atoms with Gasteiger partial charge in [-0.2, -0.15) is 0 Å². The average molecular weight is 212 g/mol. The monoisotopic (exact) mass is 212 g/mol. The van der Waals surface area contributed by atoms with E-state index in [4.69, 9.17) is 4.74 Å². The highest BCUT2D eigenvalue weighted by atomic mass is 16.6. The number of esters is 1. The van der Waals surface area contributed by atoms with Gasteiger partial charge in [-0.05, 0) is 26.2 Å². The number of rotatable bonds is 3. The smallest absolute Gasteiger partial charge is 0.311 e. The first-order valence-electron chi connectivity index (χ1n) is 5.86. The summed E-state index contributed by atoms with van der Waals surface area (Å²) in [5, 5.41) is 0. The van der Waals surface area contributed by atoms with Crippen LogP contribution < -0.4 is 0 Å². The first kappa shape index (κ1) is 12.5. The van der Waals surface area contributed by atoms with Gasteiger partial charge in [0.05, 0.1) is 5.41 Å². The van der Waals surface area contributed by atoms with Crippen LogP contribution in [0.15, 0.2) is 0 Å². The second-order valence-corrected chi connectivity index (χ2v) is 6.57. The number of hydrogen-bond acceptors (Lipinski definition) is 2. The molecule has 0 aromatic rings. The average Bonchev–Trinajstić information content (AvgIpc) is 2.24. The van der Waals surface area contributed by atoms with Crippen LogP contribution in [0.25, 0.3) is 0 Å². The summed E-state index contributed by atoms with van der Waals surface area (Å²) in [6, 6.07) is 0. The third kappa shape index (κ3) is 2.73. The molecule has 2 nitrogen and oxygen atoms in total. The molecule has 0 spiro atoms. The van der Waals surface area contributed by atoms with Gasteiger partial charge in [-0.25, -0.2) is 0 Å². The van der Waals surface area contributed by atoms with Gasteiger partial charge >= 0.3 is 5.97 Å². The maximum atomic E-state index is 11.6. The SMILES string of the molecule is CC(C)CC(C)(C)[C@@H]1CC(C)(C)C(=O)O1. The van der Waals surface area contributed by atoms with Crippen molar-refractivity contribution in [3.05, 3.63) is 0 Å². The molecule has 0 aromatic carbocycles. The van der Waals surface area contributed by atoms with Gasteiger partial charge in [0, 0.05) is 11.8 Å². The van der Waals surface area contributed by atoms with E-state index in [0.717, 1.165) is 12.8 Å². The predicted molar refractivity (Wildman–Crippen MR) is 61.5 cm³/mol. The number of carbonyl (C=O) groups excluding carboxylic acids is 1. The van der Waals surface area contributed by atoms with Crippen molar-refractivity contribution in [2.45, 2.75) is 60.5 Å². The fourth-order valence-corrected chi connectivity index (χ4v) is 2.50. The minimum absolute atomic E-state index is 0.0377. The summed E-state index contributed by atoms with van der Waals surface area (Å²) in [7, 11) is 0. The van der Waals surface area contributed by atoms with Crippen LogP contribution in [0, 0.1) is 16.7 Å². The molecule has 1 rings (SSSR count). The molecule has 1 saturated heterocycles. The molecule has 0 aliphatic carbocycles. The Labute approximate surface area is 93.4 Å². The van der Waals surface area contributed by atoms with Crippen molar-refractivity contribution >= 4 is 5.97 Å². The lowest BCUT2D eigenvalue weighted by atomic mass is 9.75. The Morgan fingerprint density at radius 2 is 2.00 bits per heavy atom. The van der Waals surface area contributed by atoms with E-state index in [1.165, 1.54) is 0 Å². The molecule has 0 bridgehead atoms. The normalized spacial score (nSPS) is 25.8. The van der Waals surface area contributed by atoms with Crippen LogP contribution in [0.5, 0.6) is 0 Å². The minimum Gasteiger partial charge on any atom is -0.461 e. The van der Waals surface area contributed by atoms with Crippen molar-refractivity contribution in [1.29, 1.82) is 0 Å². The molecule has 0 saturated carbocycles. The molecule has 1 heterocycles. The lowest BCUT2D eigenvalue weighted by molar-refractivity contribution is -0.151. The number of carbonyl (C=O) groups is 1. The van der Waals surface area contributed by atoms with E-state index in [1.807, 2.05) is 13.8 Å². The van der Waals surface area contributed by atoms with Crippen molar-refractivity contribution < 1.29 is 9.53 Å². The van der Waals surface area contributed by atoms with Crippen molar-refractivity contribution in [2.75, 3.05) is 0 Å². The zero-order chi connectivity index (χ0) is 11.9. The maximum absolute atomic E-state index is 11.6. The molecule has 0 amide bonds. The number of ether oxygens (including phenoxy) is 1. The molecule has 0 aromatic heterocycles. The Hall–Kier alpha value is -0.530. The number of cyclic esters (lactones) is 1. The van der Waals surface area contributed by atoms with Gasteiger partial charge in [-0.15, -0.1) is 0 Å². The van der Waals surface area contributed by atoms with E-state index < -0.39 is 0 Å². The summed E-state index contributed by atoms with van der Waals surface area (Å²) in [5.74, 6) is 0.603. The van der Waals surface area contributed by atoms with E-state index in [2.05, 4.69) is 27.7 Å². The van der Waals surface area contributed by atoms with Crippen molar-refractivity contribution in [3.8, 4) is 0 Å². The van der Waals surface area contributed by atoms with Crippen LogP contribution in [0.2, 0.25) is 0 Å². The molecule has 2 heteroatoms. The fraction of sp³-hybridized carbons (Fsp3) is 0.923. The molecule has 88 valence electrons. The maximum Gasteiger partial charge on any atom is 0.311 e. The van der Waals surface area contributed by atoms with Crippen LogP contribution in [0.1, 0.15) is 54.4 Å². The van der Waals surface area contributed by atoms with Crippen molar-refractivity contribution in [1.82, 2.24) is 0 Å². The first-order valence-corrected chi connectivity index (χ1v) is 5.86. The lowest BCUT2D eigenvalue weighted by Crippen LogP contribution is -2.30. The molecule has 1 atom stereocenters. The Morgan fingerprint density at radius 1 is 1.47 bits per heavy atom. The first-order chi connectivity index (χ1) is 6.65.